The largest absolute Gasteiger partial charge is 0.228 e. The maximum Gasteiger partial charge on any atom is 0.159 e. The summed E-state index contributed by atoms with van der Waals surface area (Å²) in [5.74, 6) is -0.00174. The van der Waals surface area contributed by atoms with E-state index < -0.39 is 9.84 Å². The van der Waals surface area contributed by atoms with E-state index in [0.29, 0.717) is 16.8 Å². The molecule has 1 heterocycles. The Morgan fingerprint density at radius 1 is 1.44 bits per heavy atom. The monoisotopic (exact) mass is 307 g/mol. The van der Waals surface area contributed by atoms with Crippen LogP contribution in [0.1, 0.15) is 31.9 Å². The number of halogens is 1. The molecule has 0 spiro atoms. The summed E-state index contributed by atoms with van der Waals surface area (Å²) in [4.78, 5) is 1.50. The predicted octanol–water partition coefficient (Wildman–Crippen LogP) is 1.53. The molecule has 0 unspecified atom stereocenters. The van der Waals surface area contributed by atoms with Crippen molar-refractivity contribution in [3.8, 4) is 0 Å². The van der Waals surface area contributed by atoms with E-state index in [1.54, 1.807) is 0 Å². The third-order valence-electron chi connectivity index (χ3n) is 2.86. The molecule has 1 aliphatic carbocycles. The lowest BCUT2D eigenvalue weighted by atomic mass is 10.0. The summed E-state index contributed by atoms with van der Waals surface area (Å²) in [6.45, 7) is 2.55. The topological polar surface area (TPSA) is 64.8 Å². The van der Waals surface area contributed by atoms with Crippen LogP contribution in [0.15, 0.2) is 4.60 Å². The van der Waals surface area contributed by atoms with Gasteiger partial charge in [-0.3, -0.25) is 0 Å². The number of hydrogen-bond donors (Lipinski definition) is 0. The van der Waals surface area contributed by atoms with Gasteiger partial charge in [-0.05, 0) is 35.7 Å². The van der Waals surface area contributed by atoms with E-state index in [4.69, 9.17) is 0 Å². The first-order valence-electron chi connectivity index (χ1n) is 5.34. The second-order valence-electron chi connectivity index (χ2n) is 3.99. The van der Waals surface area contributed by atoms with Crippen LogP contribution in [0, 0.1) is 0 Å². The van der Waals surface area contributed by atoms with Gasteiger partial charge in [0.1, 0.15) is 5.69 Å². The summed E-state index contributed by atoms with van der Waals surface area (Å²) in [7, 11) is -3.04. The highest BCUT2D eigenvalue weighted by molar-refractivity contribution is 9.10. The van der Waals surface area contributed by atoms with E-state index in [2.05, 4.69) is 26.1 Å². The van der Waals surface area contributed by atoms with Crippen molar-refractivity contribution >= 4 is 25.8 Å². The fraction of sp³-hybridized carbons (Fsp3) is 0.778. The van der Waals surface area contributed by atoms with Gasteiger partial charge in [-0.2, -0.15) is 9.90 Å². The highest BCUT2D eigenvalue weighted by atomic mass is 79.9. The first-order valence-corrected chi connectivity index (χ1v) is 7.85. The molecule has 0 saturated heterocycles. The molecule has 7 heteroatoms. The van der Waals surface area contributed by atoms with Crippen molar-refractivity contribution in [2.24, 2.45) is 0 Å². The maximum atomic E-state index is 11.9. The van der Waals surface area contributed by atoms with Crippen LogP contribution in [0.2, 0.25) is 0 Å². The lowest BCUT2D eigenvalue weighted by molar-refractivity contribution is 0.475. The molecule has 0 bridgehead atoms. The van der Waals surface area contributed by atoms with Gasteiger partial charge >= 0.3 is 0 Å². The van der Waals surface area contributed by atoms with Crippen LogP contribution in [-0.4, -0.2) is 28.7 Å². The molecule has 1 saturated carbocycles. The van der Waals surface area contributed by atoms with Crippen LogP contribution in [0.25, 0.3) is 0 Å². The van der Waals surface area contributed by atoms with Gasteiger partial charge in [0.05, 0.1) is 17.5 Å². The molecule has 1 aliphatic rings. The second-order valence-corrected chi connectivity index (χ2v) is 7.02. The Morgan fingerprint density at radius 3 is 2.56 bits per heavy atom. The van der Waals surface area contributed by atoms with E-state index in [1.165, 1.54) is 4.80 Å². The van der Waals surface area contributed by atoms with Crippen LogP contribution < -0.4 is 0 Å². The van der Waals surface area contributed by atoms with E-state index in [9.17, 15) is 8.42 Å². The Labute approximate surface area is 103 Å². The SMILES string of the molecule is CCn1nc(Br)c(CS(=O)(=O)C2CCC2)n1. The molecule has 5 nitrogen and oxygen atoms in total. The highest BCUT2D eigenvalue weighted by Gasteiger charge is 2.32. The van der Waals surface area contributed by atoms with E-state index in [0.717, 1.165) is 19.3 Å². The van der Waals surface area contributed by atoms with Crippen molar-refractivity contribution in [1.29, 1.82) is 0 Å². The van der Waals surface area contributed by atoms with Crippen LogP contribution in [0.5, 0.6) is 0 Å². The quantitative estimate of drug-likeness (QED) is 0.846. The minimum atomic E-state index is -3.04. The molecule has 0 aromatic carbocycles. The van der Waals surface area contributed by atoms with Crippen molar-refractivity contribution in [2.45, 2.75) is 43.7 Å². The molecule has 1 aromatic rings. The zero-order chi connectivity index (χ0) is 11.8. The molecule has 2 rings (SSSR count). The highest BCUT2D eigenvalue weighted by Crippen LogP contribution is 2.29. The molecule has 0 aliphatic heterocycles. The molecule has 0 atom stereocenters. The first kappa shape index (κ1) is 12.0. The second kappa shape index (κ2) is 4.44. The fourth-order valence-corrected chi connectivity index (χ4v) is 4.08. The number of aryl methyl sites for hydroxylation is 1. The van der Waals surface area contributed by atoms with E-state index >= 15 is 0 Å². The zero-order valence-electron chi connectivity index (χ0n) is 9.06. The van der Waals surface area contributed by atoms with Crippen LogP contribution >= 0.6 is 15.9 Å². The molecule has 0 radical (unpaired) electrons. The number of rotatable bonds is 4. The fourth-order valence-electron chi connectivity index (χ4n) is 1.63. The number of aromatic nitrogens is 3. The Balaban J connectivity index is 2.16. The minimum absolute atomic E-state index is 0.00174. The molecule has 1 fully saturated rings. The summed E-state index contributed by atoms with van der Waals surface area (Å²) in [6.07, 6.45) is 2.61. The van der Waals surface area contributed by atoms with Gasteiger partial charge in [0.25, 0.3) is 0 Å². The molecule has 90 valence electrons. The normalized spacial score (nSPS) is 17.4. The van der Waals surface area contributed by atoms with Gasteiger partial charge in [0, 0.05) is 0 Å². The molecule has 16 heavy (non-hydrogen) atoms. The molecular formula is C9H14BrN3O2S. The van der Waals surface area contributed by atoms with Crippen molar-refractivity contribution < 1.29 is 8.42 Å². The van der Waals surface area contributed by atoms with Gasteiger partial charge < -0.3 is 0 Å². The third kappa shape index (κ3) is 2.29. The van der Waals surface area contributed by atoms with Crippen molar-refractivity contribution in [2.75, 3.05) is 0 Å². The first-order chi connectivity index (χ1) is 7.53. The number of nitrogens with zero attached hydrogens (tertiary/aromatic N) is 3. The lowest BCUT2D eigenvalue weighted by Gasteiger charge is -2.24. The summed E-state index contributed by atoms with van der Waals surface area (Å²) in [5, 5.41) is 8.05. The van der Waals surface area contributed by atoms with Crippen molar-refractivity contribution in [3.63, 3.8) is 0 Å². The van der Waals surface area contributed by atoms with E-state index in [1.807, 2.05) is 6.92 Å². The summed E-state index contributed by atoms with van der Waals surface area (Å²) < 4.78 is 24.4. The minimum Gasteiger partial charge on any atom is -0.228 e. The van der Waals surface area contributed by atoms with Crippen molar-refractivity contribution in [1.82, 2.24) is 15.0 Å². The van der Waals surface area contributed by atoms with Gasteiger partial charge in [-0.1, -0.05) is 6.42 Å². The van der Waals surface area contributed by atoms with Crippen molar-refractivity contribution in [3.05, 3.63) is 10.3 Å². The predicted molar refractivity (Wildman–Crippen MR) is 63.7 cm³/mol. The van der Waals surface area contributed by atoms with Gasteiger partial charge in [-0.25, -0.2) is 8.42 Å². The Bertz CT molecular complexity index is 479. The molecule has 1 aromatic heterocycles. The number of sulfone groups is 1. The smallest absolute Gasteiger partial charge is 0.159 e. The lowest BCUT2D eigenvalue weighted by Crippen LogP contribution is -2.29. The Hall–Kier alpha value is -0.430. The van der Waals surface area contributed by atoms with Crippen LogP contribution in [0.4, 0.5) is 0 Å². The van der Waals surface area contributed by atoms with Gasteiger partial charge in [-0.15, -0.1) is 5.10 Å². The average Bonchev–Trinajstić information content (AvgIpc) is 2.42. The summed E-state index contributed by atoms with van der Waals surface area (Å²) in [5.41, 5.74) is 0.522. The molecular weight excluding hydrogens is 294 g/mol. The van der Waals surface area contributed by atoms with Gasteiger partial charge in [0.2, 0.25) is 0 Å². The number of hydrogen-bond acceptors (Lipinski definition) is 4. The van der Waals surface area contributed by atoms with E-state index in [-0.39, 0.29) is 11.0 Å². The summed E-state index contributed by atoms with van der Waals surface area (Å²) in [6, 6.07) is 0. The van der Waals surface area contributed by atoms with Crippen LogP contribution in [0.3, 0.4) is 0 Å². The third-order valence-corrected chi connectivity index (χ3v) is 5.64. The standard InChI is InChI=1S/C9H14BrN3O2S/c1-2-13-11-8(9(10)12-13)6-16(14,15)7-4-3-5-7/h7H,2-6H2,1H3. The summed E-state index contributed by atoms with van der Waals surface area (Å²) >= 11 is 3.24. The Morgan fingerprint density at radius 2 is 2.12 bits per heavy atom. The average molecular weight is 308 g/mol. The maximum absolute atomic E-state index is 11.9. The molecule has 0 N–H and O–H groups in total. The zero-order valence-corrected chi connectivity index (χ0v) is 11.5. The van der Waals surface area contributed by atoms with Crippen LogP contribution in [-0.2, 0) is 22.1 Å². The Kier molecular flexibility index (Phi) is 3.34. The molecule has 0 amide bonds. The van der Waals surface area contributed by atoms with Gasteiger partial charge in [0.15, 0.2) is 14.4 Å².